The highest BCUT2D eigenvalue weighted by molar-refractivity contribution is 6.60. The average molecular weight is 204 g/mol. The van der Waals surface area contributed by atoms with E-state index in [4.69, 9.17) is 13.3 Å². The van der Waals surface area contributed by atoms with Gasteiger partial charge in [0.25, 0.3) is 0 Å². The van der Waals surface area contributed by atoms with Crippen molar-refractivity contribution < 1.29 is 13.3 Å². The summed E-state index contributed by atoms with van der Waals surface area (Å²) in [6.07, 6.45) is 6.30. The molecule has 0 fully saturated rings. The van der Waals surface area contributed by atoms with E-state index in [9.17, 15) is 0 Å². The second-order valence-corrected chi connectivity index (χ2v) is 5.80. The van der Waals surface area contributed by atoms with Crippen LogP contribution in [0.1, 0.15) is 19.8 Å². The van der Waals surface area contributed by atoms with Crippen LogP contribution >= 0.6 is 0 Å². The smallest absolute Gasteiger partial charge is 0.377 e. The summed E-state index contributed by atoms with van der Waals surface area (Å²) < 4.78 is 15.8. The van der Waals surface area contributed by atoms with Gasteiger partial charge in [0.2, 0.25) is 0 Å². The molecule has 78 valence electrons. The number of rotatable bonds is 7. The Kier molecular flexibility index (Phi) is 7.17. The lowest BCUT2D eigenvalue weighted by atomic mass is 10.4. The lowest BCUT2D eigenvalue weighted by Crippen LogP contribution is -2.42. The zero-order valence-electron chi connectivity index (χ0n) is 9.00. The van der Waals surface area contributed by atoms with Gasteiger partial charge in [0.1, 0.15) is 0 Å². The lowest BCUT2D eigenvalue weighted by molar-refractivity contribution is 0.124. The van der Waals surface area contributed by atoms with Crippen LogP contribution in [0.5, 0.6) is 0 Å². The molecule has 0 spiro atoms. The normalized spacial score (nSPS) is 12.6. The van der Waals surface area contributed by atoms with E-state index in [-0.39, 0.29) is 0 Å². The molecular formula is C9H20O3Si. The fraction of sp³-hybridized carbons (Fsp3) is 0.778. The Labute approximate surface area is 82.1 Å². The third kappa shape index (κ3) is 4.57. The summed E-state index contributed by atoms with van der Waals surface area (Å²) in [5.41, 5.74) is 0. The highest BCUT2D eigenvalue weighted by Gasteiger charge is 2.36. The summed E-state index contributed by atoms with van der Waals surface area (Å²) in [6.45, 7) is 2.12. The van der Waals surface area contributed by atoms with Crippen molar-refractivity contribution in [2.24, 2.45) is 0 Å². The molecule has 13 heavy (non-hydrogen) atoms. The van der Waals surface area contributed by atoms with Gasteiger partial charge < -0.3 is 13.3 Å². The molecule has 0 aromatic heterocycles. The quantitative estimate of drug-likeness (QED) is 0.470. The first-order valence-electron chi connectivity index (χ1n) is 4.55. The zero-order chi connectivity index (χ0) is 10.2. The number of allylic oxidation sites excluding steroid dienone is 2. The summed E-state index contributed by atoms with van der Waals surface area (Å²) in [4.78, 5) is 0. The maximum absolute atomic E-state index is 5.28. The highest BCUT2D eigenvalue weighted by Crippen LogP contribution is 2.15. The molecule has 4 heteroatoms. The molecule has 0 aromatic carbocycles. The molecule has 0 bridgehead atoms. The molecule has 0 N–H and O–H groups in total. The van der Waals surface area contributed by atoms with Crippen LogP contribution in [0, 0.1) is 0 Å². The van der Waals surface area contributed by atoms with Crippen molar-refractivity contribution in [1.82, 2.24) is 0 Å². The van der Waals surface area contributed by atoms with Gasteiger partial charge in [0, 0.05) is 27.4 Å². The maximum Gasteiger partial charge on any atom is 0.500 e. The molecule has 0 saturated carbocycles. The molecular weight excluding hydrogens is 184 g/mol. The Balaban J connectivity index is 3.88. The van der Waals surface area contributed by atoms with E-state index in [1.54, 1.807) is 21.3 Å². The average Bonchev–Trinajstić information content (AvgIpc) is 2.20. The molecule has 0 aromatic rings. The first-order chi connectivity index (χ1) is 6.24. The van der Waals surface area contributed by atoms with E-state index in [1.807, 2.05) is 0 Å². The van der Waals surface area contributed by atoms with Gasteiger partial charge in [-0.05, 0) is 12.8 Å². The minimum Gasteiger partial charge on any atom is -0.377 e. The predicted molar refractivity (Wildman–Crippen MR) is 55.6 cm³/mol. The van der Waals surface area contributed by atoms with Crippen LogP contribution in [0.2, 0.25) is 6.04 Å². The second-order valence-electron chi connectivity index (χ2n) is 2.71. The standard InChI is InChI=1S/C9H20O3Si/c1-5-6-7-8-9-13(10-2,11-3)12-4/h6-7H,5,8-9H2,1-4H3/b7-6+. The molecule has 3 nitrogen and oxygen atoms in total. The molecule has 0 saturated heterocycles. The third-order valence-electron chi connectivity index (χ3n) is 1.95. The van der Waals surface area contributed by atoms with E-state index >= 15 is 0 Å². The SMILES string of the molecule is CC/C=C/CC[Si](OC)(OC)OC. The van der Waals surface area contributed by atoms with Crippen molar-refractivity contribution in [3.05, 3.63) is 12.2 Å². The van der Waals surface area contributed by atoms with Crippen LogP contribution in [-0.2, 0) is 13.3 Å². The Morgan fingerprint density at radius 1 is 1.00 bits per heavy atom. The minimum atomic E-state index is -2.32. The fourth-order valence-corrected chi connectivity index (χ4v) is 2.73. The van der Waals surface area contributed by atoms with Crippen LogP contribution in [0.25, 0.3) is 0 Å². The maximum atomic E-state index is 5.28. The van der Waals surface area contributed by atoms with E-state index in [1.165, 1.54) is 0 Å². The highest BCUT2D eigenvalue weighted by atomic mass is 28.4. The Hall–Kier alpha value is -0.163. The molecule has 0 heterocycles. The molecule has 0 radical (unpaired) electrons. The van der Waals surface area contributed by atoms with Gasteiger partial charge in [-0.2, -0.15) is 0 Å². The number of hydrogen-bond donors (Lipinski definition) is 0. The first kappa shape index (κ1) is 12.8. The van der Waals surface area contributed by atoms with E-state index in [0.29, 0.717) is 0 Å². The van der Waals surface area contributed by atoms with Crippen molar-refractivity contribution in [2.75, 3.05) is 21.3 Å². The third-order valence-corrected chi connectivity index (χ3v) is 4.72. The molecule has 0 aliphatic carbocycles. The van der Waals surface area contributed by atoms with Crippen LogP contribution in [-0.4, -0.2) is 30.1 Å². The molecule has 0 atom stereocenters. The molecule has 0 aliphatic rings. The van der Waals surface area contributed by atoms with Gasteiger partial charge in [-0.15, -0.1) is 0 Å². The summed E-state index contributed by atoms with van der Waals surface area (Å²) in [5.74, 6) is 0. The van der Waals surface area contributed by atoms with Gasteiger partial charge in [-0.3, -0.25) is 0 Å². The van der Waals surface area contributed by atoms with Crippen molar-refractivity contribution in [1.29, 1.82) is 0 Å². The largest absolute Gasteiger partial charge is 0.500 e. The first-order valence-corrected chi connectivity index (χ1v) is 6.48. The Morgan fingerprint density at radius 3 is 1.92 bits per heavy atom. The monoisotopic (exact) mass is 204 g/mol. The molecule has 0 rings (SSSR count). The van der Waals surface area contributed by atoms with Gasteiger partial charge in [-0.25, -0.2) is 0 Å². The van der Waals surface area contributed by atoms with Crippen molar-refractivity contribution in [3.8, 4) is 0 Å². The van der Waals surface area contributed by atoms with Gasteiger partial charge >= 0.3 is 8.80 Å². The van der Waals surface area contributed by atoms with Crippen LogP contribution in [0.15, 0.2) is 12.2 Å². The topological polar surface area (TPSA) is 27.7 Å². The Bertz CT molecular complexity index is 136. The van der Waals surface area contributed by atoms with Gasteiger partial charge in [0.15, 0.2) is 0 Å². The molecule has 0 amide bonds. The second kappa shape index (κ2) is 7.26. The van der Waals surface area contributed by atoms with Crippen LogP contribution in [0.3, 0.4) is 0 Å². The van der Waals surface area contributed by atoms with Crippen molar-refractivity contribution >= 4 is 8.80 Å². The Morgan fingerprint density at radius 2 is 1.54 bits per heavy atom. The van der Waals surface area contributed by atoms with E-state index in [0.717, 1.165) is 18.9 Å². The molecule has 0 unspecified atom stereocenters. The van der Waals surface area contributed by atoms with E-state index in [2.05, 4.69) is 19.1 Å². The van der Waals surface area contributed by atoms with Gasteiger partial charge in [0.05, 0.1) is 0 Å². The van der Waals surface area contributed by atoms with Crippen molar-refractivity contribution in [3.63, 3.8) is 0 Å². The van der Waals surface area contributed by atoms with Crippen LogP contribution in [0.4, 0.5) is 0 Å². The minimum absolute atomic E-state index is 0.840. The van der Waals surface area contributed by atoms with Crippen LogP contribution < -0.4 is 0 Å². The summed E-state index contributed by atoms with van der Waals surface area (Å²) >= 11 is 0. The predicted octanol–water partition coefficient (Wildman–Crippen LogP) is 2.22. The lowest BCUT2D eigenvalue weighted by Gasteiger charge is -2.23. The van der Waals surface area contributed by atoms with Crippen molar-refractivity contribution in [2.45, 2.75) is 25.8 Å². The molecule has 0 aliphatic heterocycles. The van der Waals surface area contributed by atoms with E-state index < -0.39 is 8.80 Å². The summed E-state index contributed by atoms with van der Waals surface area (Å²) in [6, 6.07) is 0.840. The summed E-state index contributed by atoms with van der Waals surface area (Å²) in [5, 5.41) is 0. The van der Waals surface area contributed by atoms with Gasteiger partial charge in [-0.1, -0.05) is 19.1 Å². The number of hydrogen-bond acceptors (Lipinski definition) is 3. The zero-order valence-corrected chi connectivity index (χ0v) is 10.0. The fourth-order valence-electron chi connectivity index (χ4n) is 1.10. The summed E-state index contributed by atoms with van der Waals surface area (Å²) in [7, 11) is 2.61.